The normalized spacial score (nSPS) is 20.9. The second kappa shape index (κ2) is 10.9. The SMILES string of the molecule is CCCSc1nc(N2CCCC(C(=O)O)CC2)ccc1C(=O)NC1CCCCC1. The number of thioether (sulfide) groups is 1. The zero-order valence-electron chi connectivity index (χ0n) is 17.4. The van der Waals surface area contributed by atoms with Crippen molar-refractivity contribution < 1.29 is 14.7 Å². The van der Waals surface area contributed by atoms with Gasteiger partial charge in [0.1, 0.15) is 10.8 Å². The van der Waals surface area contributed by atoms with Crippen molar-refractivity contribution >= 4 is 29.5 Å². The molecular weight excluding hydrogens is 386 g/mol. The van der Waals surface area contributed by atoms with Crippen LogP contribution in [0.15, 0.2) is 17.2 Å². The van der Waals surface area contributed by atoms with E-state index in [0.717, 1.165) is 48.8 Å². The summed E-state index contributed by atoms with van der Waals surface area (Å²) in [5, 5.41) is 13.3. The van der Waals surface area contributed by atoms with Gasteiger partial charge in [-0.2, -0.15) is 0 Å². The molecular formula is C22H33N3O3S. The quantitative estimate of drug-likeness (QED) is 0.640. The number of hydrogen-bond acceptors (Lipinski definition) is 5. The molecule has 2 heterocycles. The van der Waals surface area contributed by atoms with Gasteiger partial charge in [0.05, 0.1) is 11.5 Å². The number of carbonyl (C=O) groups is 2. The monoisotopic (exact) mass is 419 g/mol. The molecule has 3 rings (SSSR count). The van der Waals surface area contributed by atoms with Gasteiger partial charge in [-0.05, 0) is 56.4 Å². The van der Waals surface area contributed by atoms with Crippen LogP contribution in [0.4, 0.5) is 5.82 Å². The van der Waals surface area contributed by atoms with Gasteiger partial charge < -0.3 is 15.3 Å². The van der Waals surface area contributed by atoms with Crippen molar-refractivity contribution in [2.45, 2.75) is 75.8 Å². The molecule has 0 aromatic carbocycles. The van der Waals surface area contributed by atoms with Gasteiger partial charge in [0.15, 0.2) is 0 Å². The van der Waals surface area contributed by atoms with Gasteiger partial charge in [0, 0.05) is 19.1 Å². The molecule has 29 heavy (non-hydrogen) atoms. The van der Waals surface area contributed by atoms with E-state index in [-0.39, 0.29) is 17.9 Å². The Bertz CT molecular complexity index is 707. The Morgan fingerprint density at radius 2 is 1.93 bits per heavy atom. The fourth-order valence-electron chi connectivity index (χ4n) is 4.17. The van der Waals surface area contributed by atoms with E-state index in [1.54, 1.807) is 11.8 Å². The number of anilines is 1. The summed E-state index contributed by atoms with van der Waals surface area (Å²) in [6, 6.07) is 4.10. The minimum atomic E-state index is -0.700. The lowest BCUT2D eigenvalue weighted by molar-refractivity contribution is -0.142. The Morgan fingerprint density at radius 1 is 1.14 bits per heavy atom. The lowest BCUT2D eigenvalue weighted by atomic mass is 9.95. The van der Waals surface area contributed by atoms with E-state index in [9.17, 15) is 14.7 Å². The molecule has 2 N–H and O–H groups in total. The van der Waals surface area contributed by atoms with E-state index in [2.05, 4.69) is 17.1 Å². The molecule has 0 spiro atoms. The molecule has 6 nitrogen and oxygen atoms in total. The zero-order chi connectivity index (χ0) is 20.6. The minimum absolute atomic E-state index is 0.0173. The summed E-state index contributed by atoms with van der Waals surface area (Å²) in [7, 11) is 0. The zero-order valence-corrected chi connectivity index (χ0v) is 18.2. The number of nitrogens with zero attached hydrogens (tertiary/aromatic N) is 2. The van der Waals surface area contributed by atoms with E-state index >= 15 is 0 Å². The molecule has 2 fully saturated rings. The Labute approximate surface area is 177 Å². The number of carboxylic acid groups (broad SMARTS) is 1. The van der Waals surface area contributed by atoms with Crippen LogP contribution in [-0.4, -0.2) is 46.9 Å². The van der Waals surface area contributed by atoms with Crippen molar-refractivity contribution in [3.63, 3.8) is 0 Å². The molecule has 1 unspecified atom stereocenters. The number of carbonyl (C=O) groups excluding carboxylic acids is 1. The molecule has 1 aromatic heterocycles. The standard InChI is InChI=1S/C22H33N3O3S/c1-2-15-29-21-18(20(26)23-17-8-4-3-5-9-17)10-11-19(24-21)25-13-6-7-16(12-14-25)22(27)28/h10-11,16-17H,2-9,12-15H2,1H3,(H,23,26)(H,27,28). The molecule has 1 aliphatic carbocycles. The lowest BCUT2D eigenvalue weighted by Crippen LogP contribution is -2.36. The van der Waals surface area contributed by atoms with Gasteiger partial charge in [-0.3, -0.25) is 9.59 Å². The van der Waals surface area contributed by atoms with Crippen molar-refractivity contribution in [3.8, 4) is 0 Å². The minimum Gasteiger partial charge on any atom is -0.481 e. The molecule has 1 amide bonds. The van der Waals surface area contributed by atoms with Crippen LogP contribution in [0, 0.1) is 5.92 Å². The average Bonchev–Trinajstić information content (AvgIpc) is 2.99. The largest absolute Gasteiger partial charge is 0.481 e. The summed E-state index contributed by atoms with van der Waals surface area (Å²) in [5.41, 5.74) is 0.663. The molecule has 0 bridgehead atoms. The van der Waals surface area contributed by atoms with Crippen LogP contribution in [-0.2, 0) is 4.79 Å². The van der Waals surface area contributed by atoms with Crippen molar-refractivity contribution in [1.29, 1.82) is 0 Å². The van der Waals surface area contributed by atoms with Crippen molar-refractivity contribution in [3.05, 3.63) is 17.7 Å². The summed E-state index contributed by atoms with van der Waals surface area (Å²) >= 11 is 1.63. The number of aromatic nitrogens is 1. The van der Waals surface area contributed by atoms with E-state index in [1.807, 2.05) is 12.1 Å². The molecule has 0 radical (unpaired) electrons. The maximum absolute atomic E-state index is 12.9. The number of rotatable bonds is 7. The number of aliphatic carboxylic acids is 1. The molecule has 7 heteroatoms. The summed E-state index contributed by atoms with van der Waals surface area (Å²) in [6.45, 7) is 3.62. The molecule has 1 atom stereocenters. The highest BCUT2D eigenvalue weighted by molar-refractivity contribution is 7.99. The second-order valence-corrected chi connectivity index (χ2v) is 9.22. The van der Waals surface area contributed by atoms with Crippen LogP contribution in [0.2, 0.25) is 0 Å². The van der Waals surface area contributed by atoms with Crippen LogP contribution in [0.3, 0.4) is 0 Å². The molecule has 1 saturated heterocycles. The lowest BCUT2D eigenvalue weighted by Gasteiger charge is -2.24. The van der Waals surface area contributed by atoms with Crippen LogP contribution in [0.1, 0.15) is 75.1 Å². The first-order chi connectivity index (χ1) is 14.1. The van der Waals surface area contributed by atoms with E-state index in [4.69, 9.17) is 4.98 Å². The molecule has 160 valence electrons. The Morgan fingerprint density at radius 3 is 2.66 bits per heavy atom. The average molecular weight is 420 g/mol. The van der Waals surface area contributed by atoms with Crippen molar-refractivity contribution in [2.24, 2.45) is 5.92 Å². The van der Waals surface area contributed by atoms with Crippen molar-refractivity contribution in [2.75, 3.05) is 23.7 Å². The fraction of sp³-hybridized carbons (Fsp3) is 0.682. The topological polar surface area (TPSA) is 82.5 Å². The van der Waals surface area contributed by atoms with E-state index in [0.29, 0.717) is 24.9 Å². The Kier molecular flexibility index (Phi) is 8.21. The van der Waals surface area contributed by atoms with Gasteiger partial charge in [-0.1, -0.05) is 26.2 Å². The fourth-order valence-corrected chi connectivity index (χ4v) is 5.04. The summed E-state index contributed by atoms with van der Waals surface area (Å²) in [5.74, 6) is 0.782. The number of pyridine rings is 1. The predicted octanol–water partition coefficient (Wildman–Crippen LogP) is 4.34. The number of amides is 1. The summed E-state index contributed by atoms with van der Waals surface area (Å²) in [6.07, 6.45) is 8.98. The first-order valence-corrected chi connectivity index (χ1v) is 12.0. The first kappa shape index (κ1) is 21.9. The third kappa shape index (κ3) is 6.11. The molecule has 1 aromatic rings. The number of carboxylic acids is 1. The molecule has 1 aliphatic heterocycles. The highest BCUT2D eigenvalue weighted by Crippen LogP contribution is 2.28. The molecule has 2 aliphatic rings. The summed E-state index contributed by atoms with van der Waals surface area (Å²) < 4.78 is 0. The van der Waals surface area contributed by atoms with Gasteiger partial charge in [-0.25, -0.2) is 4.98 Å². The van der Waals surface area contributed by atoms with Crippen LogP contribution >= 0.6 is 11.8 Å². The van der Waals surface area contributed by atoms with Gasteiger partial charge in [0.25, 0.3) is 5.91 Å². The van der Waals surface area contributed by atoms with Crippen LogP contribution < -0.4 is 10.2 Å². The maximum Gasteiger partial charge on any atom is 0.306 e. The second-order valence-electron chi connectivity index (χ2n) is 8.13. The number of nitrogens with one attached hydrogen (secondary N) is 1. The van der Waals surface area contributed by atoms with Crippen LogP contribution in [0.25, 0.3) is 0 Å². The summed E-state index contributed by atoms with van der Waals surface area (Å²) in [4.78, 5) is 31.2. The predicted molar refractivity (Wildman–Crippen MR) is 117 cm³/mol. The van der Waals surface area contributed by atoms with E-state index in [1.165, 1.54) is 19.3 Å². The highest BCUT2D eigenvalue weighted by atomic mass is 32.2. The maximum atomic E-state index is 12.9. The third-order valence-corrected chi connectivity index (χ3v) is 7.07. The highest BCUT2D eigenvalue weighted by Gasteiger charge is 2.24. The van der Waals surface area contributed by atoms with Gasteiger partial charge >= 0.3 is 5.97 Å². The van der Waals surface area contributed by atoms with Crippen LogP contribution in [0.5, 0.6) is 0 Å². The number of hydrogen-bond donors (Lipinski definition) is 2. The Balaban J connectivity index is 1.74. The van der Waals surface area contributed by atoms with Gasteiger partial charge in [-0.15, -0.1) is 11.8 Å². The third-order valence-electron chi connectivity index (χ3n) is 5.87. The van der Waals surface area contributed by atoms with Gasteiger partial charge in [0.2, 0.25) is 0 Å². The molecule has 1 saturated carbocycles. The first-order valence-electron chi connectivity index (χ1n) is 11.0. The smallest absolute Gasteiger partial charge is 0.306 e. The Hall–Kier alpha value is -1.76. The van der Waals surface area contributed by atoms with E-state index < -0.39 is 5.97 Å². The van der Waals surface area contributed by atoms with Crippen molar-refractivity contribution in [1.82, 2.24) is 10.3 Å².